The molecule has 0 aliphatic heterocycles. The Hall–Kier alpha value is -2.53. The molecule has 1 amide bonds. The Bertz CT molecular complexity index is 761. The minimum Gasteiger partial charge on any atom is -0.496 e. The van der Waals surface area contributed by atoms with E-state index < -0.39 is 0 Å². The highest BCUT2D eigenvalue weighted by Crippen LogP contribution is 2.23. The molecule has 2 atom stereocenters. The van der Waals surface area contributed by atoms with Crippen LogP contribution in [0, 0.1) is 0 Å². The summed E-state index contributed by atoms with van der Waals surface area (Å²) in [5, 5.41) is 0. The molecule has 0 radical (unpaired) electrons. The second-order valence-electron chi connectivity index (χ2n) is 7.06. The summed E-state index contributed by atoms with van der Waals surface area (Å²) >= 11 is 0. The first-order valence-corrected chi connectivity index (χ1v) is 9.16. The molecule has 2 aromatic rings. The lowest BCUT2D eigenvalue weighted by atomic mass is 10.1. The van der Waals surface area contributed by atoms with Gasteiger partial charge in [0.1, 0.15) is 11.5 Å². The summed E-state index contributed by atoms with van der Waals surface area (Å²) < 4.78 is 11.0. The first-order chi connectivity index (χ1) is 12.8. The number of nitrogens with zero attached hydrogens (tertiary/aromatic N) is 2. The molecule has 0 bridgehead atoms. The van der Waals surface area contributed by atoms with E-state index in [0.717, 1.165) is 16.9 Å². The lowest BCUT2D eigenvalue weighted by Gasteiger charge is -2.25. The van der Waals surface area contributed by atoms with E-state index in [1.165, 1.54) is 0 Å². The van der Waals surface area contributed by atoms with Gasteiger partial charge in [0.15, 0.2) is 0 Å². The van der Waals surface area contributed by atoms with Crippen molar-refractivity contribution in [1.29, 1.82) is 0 Å². The van der Waals surface area contributed by atoms with Crippen LogP contribution >= 0.6 is 0 Å². The van der Waals surface area contributed by atoms with Crippen molar-refractivity contribution in [2.24, 2.45) is 0 Å². The van der Waals surface area contributed by atoms with Gasteiger partial charge in [0.2, 0.25) is 0 Å². The van der Waals surface area contributed by atoms with Crippen LogP contribution in [0.25, 0.3) is 0 Å². The van der Waals surface area contributed by atoms with E-state index in [-0.39, 0.29) is 18.2 Å². The summed E-state index contributed by atoms with van der Waals surface area (Å²) in [5.74, 6) is 1.39. The number of para-hydroxylation sites is 1. The quantitative estimate of drug-likeness (QED) is 0.725. The molecule has 0 fully saturated rings. The van der Waals surface area contributed by atoms with Gasteiger partial charge in [-0.3, -0.25) is 0 Å². The summed E-state index contributed by atoms with van der Waals surface area (Å²) in [4.78, 5) is 16.3. The van der Waals surface area contributed by atoms with Gasteiger partial charge in [0.25, 0.3) is 0 Å². The average Bonchev–Trinajstić information content (AvgIpc) is 2.67. The Morgan fingerprint density at radius 3 is 2.41 bits per heavy atom. The molecule has 0 aliphatic rings. The molecule has 0 saturated heterocycles. The lowest BCUT2D eigenvalue weighted by Crippen LogP contribution is -2.38. The third kappa shape index (κ3) is 5.47. The maximum Gasteiger partial charge on any atom is 0.415 e. The first kappa shape index (κ1) is 20.8. The second kappa shape index (κ2) is 9.42. The Labute approximate surface area is 162 Å². The molecule has 0 aromatic heterocycles. The molecule has 0 heterocycles. The van der Waals surface area contributed by atoms with Crippen LogP contribution in [-0.2, 0) is 6.42 Å². The van der Waals surface area contributed by atoms with Crippen molar-refractivity contribution in [3.05, 3.63) is 59.7 Å². The van der Waals surface area contributed by atoms with Crippen molar-refractivity contribution < 1.29 is 14.3 Å². The van der Waals surface area contributed by atoms with Gasteiger partial charge in [-0.25, -0.2) is 4.79 Å². The normalized spacial score (nSPS) is 13.1. The highest BCUT2D eigenvalue weighted by Gasteiger charge is 2.20. The number of hydrogen-bond acceptors (Lipinski definition) is 4. The smallest absolute Gasteiger partial charge is 0.415 e. The van der Waals surface area contributed by atoms with E-state index in [1.54, 1.807) is 19.1 Å². The fourth-order valence-corrected chi connectivity index (χ4v) is 2.82. The number of amides is 1. The largest absolute Gasteiger partial charge is 0.496 e. The van der Waals surface area contributed by atoms with E-state index in [1.807, 2.05) is 69.6 Å². The number of carbonyl (C=O) groups excluding carboxylic acids is 1. The van der Waals surface area contributed by atoms with Crippen LogP contribution < -0.4 is 9.47 Å². The Morgan fingerprint density at radius 2 is 1.74 bits per heavy atom. The monoisotopic (exact) mass is 370 g/mol. The second-order valence-corrected chi connectivity index (χ2v) is 7.06. The number of ether oxygens (including phenoxy) is 2. The van der Waals surface area contributed by atoms with Crippen LogP contribution in [0.4, 0.5) is 4.79 Å². The molecule has 1 unspecified atom stereocenters. The van der Waals surface area contributed by atoms with Crippen LogP contribution in [0.2, 0.25) is 0 Å². The molecule has 0 saturated carbocycles. The summed E-state index contributed by atoms with van der Waals surface area (Å²) in [5.41, 5.74) is 2.17. The van der Waals surface area contributed by atoms with Gasteiger partial charge in [0, 0.05) is 19.1 Å². The Kier molecular flexibility index (Phi) is 7.25. The number of rotatable bonds is 7. The molecule has 0 N–H and O–H groups in total. The third-order valence-electron chi connectivity index (χ3n) is 4.98. The molecule has 2 aromatic carbocycles. The SMILES string of the molecule is COc1ccccc1CC(C)N(C)C(=O)Oc1cccc([C@H](C)N(C)C)c1. The van der Waals surface area contributed by atoms with Crippen molar-refractivity contribution in [3.8, 4) is 11.5 Å². The zero-order valence-corrected chi connectivity index (χ0v) is 17.1. The van der Waals surface area contributed by atoms with Crippen LogP contribution in [0.1, 0.15) is 31.0 Å². The Balaban J connectivity index is 2.03. The third-order valence-corrected chi connectivity index (χ3v) is 4.98. The van der Waals surface area contributed by atoms with Crippen molar-refractivity contribution in [1.82, 2.24) is 9.80 Å². The fraction of sp³-hybridized carbons (Fsp3) is 0.409. The van der Waals surface area contributed by atoms with Gasteiger partial charge >= 0.3 is 6.09 Å². The Morgan fingerprint density at radius 1 is 1.04 bits per heavy atom. The summed E-state index contributed by atoms with van der Waals surface area (Å²) in [6, 6.07) is 15.7. The van der Waals surface area contributed by atoms with Gasteiger partial charge in [-0.2, -0.15) is 0 Å². The topological polar surface area (TPSA) is 42.0 Å². The molecular weight excluding hydrogens is 340 g/mol. The highest BCUT2D eigenvalue weighted by atomic mass is 16.6. The van der Waals surface area contributed by atoms with Gasteiger partial charge < -0.3 is 19.3 Å². The van der Waals surface area contributed by atoms with E-state index in [4.69, 9.17) is 9.47 Å². The number of methoxy groups -OCH3 is 1. The van der Waals surface area contributed by atoms with E-state index in [0.29, 0.717) is 12.2 Å². The van der Waals surface area contributed by atoms with E-state index in [9.17, 15) is 4.79 Å². The number of carbonyl (C=O) groups is 1. The number of likely N-dealkylation sites (N-methyl/N-ethyl adjacent to an activating group) is 1. The van der Waals surface area contributed by atoms with Crippen LogP contribution in [0.15, 0.2) is 48.5 Å². The highest BCUT2D eigenvalue weighted by molar-refractivity contribution is 5.70. The summed E-state index contributed by atoms with van der Waals surface area (Å²) in [6.07, 6.45) is 0.319. The van der Waals surface area contributed by atoms with Gasteiger partial charge in [-0.15, -0.1) is 0 Å². The zero-order valence-electron chi connectivity index (χ0n) is 17.1. The van der Waals surface area contributed by atoms with Gasteiger partial charge in [-0.05, 0) is 63.7 Å². The lowest BCUT2D eigenvalue weighted by molar-refractivity contribution is 0.148. The molecule has 27 heavy (non-hydrogen) atoms. The van der Waals surface area contributed by atoms with Crippen molar-refractivity contribution in [2.45, 2.75) is 32.4 Å². The predicted octanol–water partition coefficient (Wildman–Crippen LogP) is 4.38. The number of hydrogen-bond donors (Lipinski definition) is 0. The molecular formula is C22H30N2O3. The predicted molar refractivity (Wildman–Crippen MR) is 108 cm³/mol. The molecule has 5 heteroatoms. The minimum absolute atomic E-state index is 0.0299. The van der Waals surface area contributed by atoms with Crippen molar-refractivity contribution in [3.63, 3.8) is 0 Å². The van der Waals surface area contributed by atoms with Crippen LogP contribution in [0.5, 0.6) is 11.5 Å². The maximum absolute atomic E-state index is 12.6. The van der Waals surface area contributed by atoms with Crippen molar-refractivity contribution in [2.75, 3.05) is 28.3 Å². The van der Waals surface area contributed by atoms with E-state index >= 15 is 0 Å². The molecule has 5 nitrogen and oxygen atoms in total. The minimum atomic E-state index is -0.368. The van der Waals surface area contributed by atoms with Crippen LogP contribution in [0.3, 0.4) is 0 Å². The molecule has 146 valence electrons. The first-order valence-electron chi connectivity index (χ1n) is 9.16. The van der Waals surface area contributed by atoms with Gasteiger partial charge in [0.05, 0.1) is 7.11 Å². The van der Waals surface area contributed by atoms with Crippen LogP contribution in [-0.4, -0.2) is 50.2 Å². The van der Waals surface area contributed by atoms with E-state index in [2.05, 4.69) is 11.8 Å². The standard InChI is InChI=1S/C22H30N2O3/c1-16(14-19-10-7-8-13-21(19)26-6)24(5)22(25)27-20-12-9-11-18(15-20)17(2)23(3)4/h7-13,15-17H,14H2,1-6H3/t16?,17-/m0/s1. The molecule has 0 aliphatic carbocycles. The van der Waals surface area contributed by atoms with Crippen molar-refractivity contribution >= 4 is 6.09 Å². The summed E-state index contributed by atoms with van der Waals surface area (Å²) in [6.45, 7) is 4.11. The molecule has 0 spiro atoms. The fourth-order valence-electron chi connectivity index (χ4n) is 2.82. The average molecular weight is 370 g/mol. The maximum atomic E-state index is 12.6. The van der Waals surface area contributed by atoms with Gasteiger partial charge in [-0.1, -0.05) is 30.3 Å². The number of benzene rings is 2. The molecule has 2 rings (SSSR count). The zero-order chi connectivity index (χ0) is 20.0. The summed E-state index contributed by atoms with van der Waals surface area (Å²) in [7, 11) is 7.46.